The lowest BCUT2D eigenvalue weighted by molar-refractivity contribution is -0.123. The third-order valence-corrected chi connectivity index (χ3v) is 5.43. The zero-order valence-corrected chi connectivity index (χ0v) is 14.2. The molecule has 2 fully saturated rings. The van der Waals surface area contributed by atoms with E-state index in [1.54, 1.807) is 12.4 Å². The average molecular weight is 332 g/mol. The van der Waals surface area contributed by atoms with Crippen molar-refractivity contribution in [2.75, 3.05) is 5.32 Å². The highest BCUT2D eigenvalue weighted by molar-refractivity contribution is 5.92. The topological polar surface area (TPSA) is 86.9 Å². The van der Waals surface area contributed by atoms with Crippen LogP contribution in [0.5, 0.6) is 0 Å². The summed E-state index contributed by atoms with van der Waals surface area (Å²) in [7, 11) is 0. The van der Waals surface area contributed by atoms with Gasteiger partial charge in [-0.2, -0.15) is 5.10 Å². The van der Waals surface area contributed by atoms with Crippen molar-refractivity contribution in [2.24, 2.45) is 11.8 Å². The van der Waals surface area contributed by atoms with Crippen molar-refractivity contribution < 1.29 is 9.59 Å². The second-order valence-corrected chi connectivity index (χ2v) is 7.30. The smallest absolute Gasteiger partial charge is 0.227 e. The Kier molecular flexibility index (Phi) is 5.88. The highest BCUT2D eigenvalue weighted by Gasteiger charge is 2.27. The molecule has 0 bridgehead atoms. The lowest BCUT2D eigenvalue weighted by Crippen LogP contribution is -2.40. The number of aromatic amines is 1. The van der Waals surface area contributed by atoms with Crippen LogP contribution in [0.1, 0.15) is 64.2 Å². The molecule has 0 spiro atoms. The van der Waals surface area contributed by atoms with Gasteiger partial charge in [-0.3, -0.25) is 14.7 Å². The van der Waals surface area contributed by atoms with Gasteiger partial charge in [0.05, 0.1) is 11.9 Å². The van der Waals surface area contributed by atoms with Crippen LogP contribution in [0.4, 0.5) is 5.69 Å². The van der Waals surface area contributed by atoms with Crippen molar-refractivity contribution in [1.82, 2.24) is 15.5 Å². The maximum absolute atomic E-state index is 12.2. The Balaban J connectivity index is 1.36. The molecule has 6 nitrogen and oxygen atoms in total. The van der Waals surface area contributed by atoms with Gasteiger partial charge in [0.2, 0.25) is 11.8 Å². The van der Waals surface area contributed by atoms with Crippen LogP contribution in [0.2, 0.25) is 0 Å². The van der Waals surface area contributed by atoms with E-state index < -0.39 is 0 Å². The van der Waals surface area contributed by atoms with Crippen molar-refractivity contribution in [1.29, 1.82) is 0 Å². The number of rotatable bonds is 5. The van der Waals surface area contributed by atoms with Gasteiger partial charge in [0.15, 0.2) is 0 Å². The Morgan fingerprint density at radius 3 is 2.50 bits per heavy atom. The zero-order valence-electron chi connectivity index (χ0n) is 14.2. The van der Waals surface area contributed by atoms with Gasteiger partial charge >= 0.3 is 0 Å². The Bertz CT molecular complexity index is 529. The summed E-state index contributed by atoms with van der Waals surface area (Å²) < 4.78 is 0. The molecule has 24 heavy (non-hydrogen) atoms. The van der Waals surface area contributed by atoms with Gasteiger partial charge in [-0.1, -0.05) is 19.3 Å². The second kappa shape index (κ2) is 8.31. The Labute approximate surface area is 143 Å². The van der Waals surface area contributed by atoms with E-state index in [1.165, 1.54) is 32.1 Å². The lowest BCUT2D eigenvalue weighted by atomic mass is 9.84. The summed E-state index contributed by atoms with van der Waals surface area (Å²) in [4.78, 5) is 24.4. The molecule has 0 atom stereocenters. The molecule has 0 unspecified atom stereocenters. The number of H-pyrrole nitrogens is 1. The van der Waals surface area contributed by atoms with Gasteiger partial charge in [-0.15, -0.1) is 0 Å². The van der Waals surface area contributed by atoms with Crippen LogP contribution in [0, 0.1) is 11.8 Å². The summed E-state index contributed by atoms with van der Waals surface area (Å²) in [5.41, 5.74) is 0.711. The molecule has 1 aromatic rings. The van der Waals surface area contributed by atoms with Gasteiger partial charge in [-0.25, -0.2) is 0 Å². The maximum Gasteiger partial charge on any atom is 0.227 e. The van der Waals surface area contributed by atoms with Crippen LogP contribution >= 0.6 is 0 Å². The van der Waals surface area contributed by atoms with Gasteiger partial charge in [0.1, 0.15) is 0 Å². The summed E-state index contributed by atoms with van der Waals surface area (Å²) in [5.74, 6) is 0.874. The molecule has 0 radical (unpaired) electrons. The Morgan fingerprint density at radius 2 is 1.83 bits per heavy atom. The fourth-order valence-corrected chi connectivity index (χ4v) is 4.00. The minimum absolute atomic E-state index is 0.0337. The number of hydrogen-bond acceptors (Lipinski definition) is 3. The van der Waals surface area contributed by atoms with E-state index in [9.17, 15) is 9.59 Å². The van der Waals surface area contributed by atoms with Crippen LogP contribution in [-0.2, 0) is 9.59 Å². The summed E-state index contributed by atoms with van der Waals surface area (Å²) >= 11 is 0. The normalized spacial score (nSPS) is 25.2. The first-order valence-corrected chi connectivity index (χ1v) is 9.29. The van der Waals surface area contributed by atoms with E-state index in [4.69, 9.17) is 0 Å². The Morgan fingerprint density at radius 1 is 1.08 bits per heavy atom. The van der Waals surface area contributed by atoms with Gasteiger partial charge < -0.3 is 10.6 Å². The number of nitrogens with zero attached hydrogens (tertiary/aromatic N) is 1. The molecule has 0 aromatic carbocycles. The SMILES string of the molecule is O=C(CC1CCCCC1)NC1CCC(C(=O)Nc2cn[nH]c2)CC1. The van der Waals surface area contributed by atoms with Gasteiger partial charge in [0, 0.05) is 24.6 Å². The first-order chi connectivity index (χ1) is 11.7. The molecule has 6 heteroatoms. The predicted octanol–water partition coefficient (Wildman–Crippen LogP) is 2.99. The van der Waals surface area contributed by atoms with E-state index in [2.05, 4.69) is 20.8 Å². The van der Waals surface area contributed by atoms with Crippen molar-refractivity contribution in [3.05, 3.63) is 12.4 Å². The molecular weight excluding hydrogens is 304 g/mol. The monoisotopic (exact) mass is 332 g/mol. The molecular formula is C18H28N4O2. The first kappa shape index (κ1) is 17.0. The number of hydrogen-bond donors (Lipinski definition) is 3. The molecule has 0 aliphatic heterocycles. The third-order valence-electron chi connectivity index (χ3n) is 5.43. The zero-order chi connectivity index (χ0) is 16.8. The van der Waals surface area contributed by atoms with Crippen LogP contribution in [0.15, 0.2) is 12.4 Å². The third kappa shape index (κ3) is 4.82. The largest absolute Gasteiger partial charge is 0.353 e. The van der Waals surface area contributed by atoms with Crippen LogP contribution < -0.4 is 10.6 Å². The van der Waals surface area contributed by atoms with Crippen LogP contribution in [-0.4, -0.2) is 28.1 Å². The number of aromatic nitrogens is 2. The number of carbonyl (C=O) groups is 2. The lowest BCUT2D eigenvalue weighted by Gasteiger charge is -2.29. The van der Waals surface area contributed by atoms with E-state index in [-0.39, 0.29) is 23.8 Å². The molecule has 2 amide bonds. The molecule has 1 aromatic heterocycles. The van der Waals surface area contributed by atoms with Gasteiger partial charge in [-0.05, 0) is 44.4 Å². The number of nitrogens with one attached hydrogen (secondary N) is 3. The standard InChI is InChI=1S/C18H28N4O2/c23-17(10-13-4-2-1-3-5-13)21-15-8-6-14(7-9-15)18(24)22-16-11-19-20-12-16/h11-15H,1-10H2,(H,19,20)(H,21,23)(H,22,24). The van der Waals surface area contributed by atoms with E-state index in [1.807, 2.05) is 0 Å². The maximum atomic E-state index is 12.2. The summed E-state index contributed by atoms with van der Waals surface area (Å²) in [6.07, 6.45) is 13.7. The van der Waals surface area contributed by atoms with E-state index in [0.717, 1.165) is 25.7 Å². The van der Waals surface area contributed by atoms with E-state index >= 15 is 0 Å². The van der Waals surface area contributed by atoms with E-state index in [0.29, 0.717) is 18.0 Å². The van der Waals surface area contributed by atoms with Crippen LogP contribution in [0.25, 0.3) is 0 Å². The Hall–Kier alpha value is -1.85. The highest BCUT2D eigenvalue weighted by Crippen LogP contribution is 2.28. The predicted molar refractivity (Wildman–Crippen MR) is 92.3 cm³/mol. The second-order valence-electron chi connectivity index (χ2n) is 7.30. The molecule has 1 heterocycles. The average Bonchev–Trinajstić information content (AvgIpc) is 3.09. The summed E-state index contributed by atoms with van der Waals surface area (Å²) in [6, 6.07) is 0.235. The van der Waals surface area contributed by atoms with Crippen molar-refractivity contribution in [3.63, 3.8) is 0 Å². The molecule has 2 saturated carbocycles. The van der Waals surface area contributed by atoms with Crippen molar-refractivity contribution in [2.45, 2.75) is 70.3 Å². The fourth-order valence-electron chi connectivity index (χ4n) is 4.00. The minimum Gasteiger partial charge on any atom is -0.353 e. The highest BCUT2D eigenvalue weighted by atomic mass is 16.2. The van der Waals surface area contributed by atoms with Crippen LogP contribution in [0.3, 0.4) is 0 Å². The minimum atomic E-state index is 0.0337. The quantitative estimate of drug-likeness (QED) is 0.774. The summed E-state index contributed by atoms with van der Waals surface area (Å²) in [5, 5.41) is 12.6. The fraction of sp³-hybridized carbons (Fsp3) is 0.722. The summed E-state index contributed by atoms with van der Waals surface area (Å²) in [6.45, 7) is 0. The number of carbonyl (C=O) groups excluding carboxylic acids is 2. The molecule has 2 aliphatic carbocycles. The first-order valence-electron chi connectivity index (χ1n) is 9.29. The molecule has 3 N–H and O–H groups in total. The number of anilines is 1. The molecule has 2 aliphatic rings. The van der Waals surface area contributed by atoms with Gasteiger partial charge in [0.25, 0.3) is 0 Å². The van der Waals surface area contributed by atoms with Crippen molar-refractivity contribution >= 4 is 17.5 Å². The number of amides is 2. The molecule has 3 rings (SSSR count). The molecule has 0 saturated heterocycles. The molecule has 132 valence electrons. The van der Waals surface area contributed by atoms with Crippen molar-refractivity contribution in [3.8, 4) is 0 Å².